The monoisotopic (exact) mass is 357 g/mol. The van der Waals surface area contributed by atoms with E-state index in [1.165, 1.54) is 13.0 Å². The third kappa shape index (κ3) is 3.70. The molecule has 130 valence electrons. The van der Waals surface area contributed by atoms with Crippen LogP contribution in [0.25, 0.3) is 0 Å². The maximum Gasteiger partial charge on any atom is 0.327 e. The third-order valence-electron chi connectivity index (χ3n) is 3.54. The Bertz CT molecular complexity index is 670. The molecule has 0 N–H and O–H groups in total. The van der Waals surface area contributed by atoms with Crippen LogP contribution >= 0.6 is 11.6 Å². The Morgan fingerprint density at radius 3 is 2.12 bits per heavy atom. The van der Waals surface area contributed by atoms with Crippen molar-refractivity contribution >= 4 is 35.0 Å². The predicted molar refractivity (Wildman–Crippen MR) is 83.7 cm³/mol. The van der Waals surface area contributed by atoms with Gasteiger partial charge in [0.2, 0.25) is 0 Å². The number of methoxy groups -OCH3 is 2. The summed E-state index contributed by atoms with van der Waals surface area (Å²) in [6.07, 6.45) is -0.350. The zero-order valence-corrected chi connectivity index (χ0v) is 14.1. The number of nitrogens with zero attached hydrogens (tertiary/aromatic N) is 1. The molecule has 0 aliphatic rings. The average Bonchev–Trinajstić information content (AvgIpc) is 2.54. The van der Waals surface area contributed by atoms with Gasteiger partial charge < -0.3 is 14.3 Å². The van der Waals surface area contributed by atoms with E-state index in [4.69, 9.17) is 21.1 Å². The molecular weight excluding hydrogens is 342 g/mol. The van der Waals surface area contributed by atoms with Gasteiger partial charge in [-0.1, -0.05) is 11.6 Å². The summed E-state index contributed by atoms with van der Waals surface area (Å²) in [7, 11) is 2.15. The molecule has 0 unspecified atom stereocenters. The van der Waals surface area contributed by atoms with Crippen molar-refractivity contribution in [1.29, 1.82) is 0 Å². The highest BCUT2D eigenvalue weighted by Gasteiger charge is 2.51. The van der Waals surface area contributed by atoms with Gasteiger partial charge in [0.15, 0.2) is 5.41 Å². The standard InChI is InChI=1S/C15H16ClNO7/c1-9(18)6-7-15(13(19)23-2,14(20)24-3)11-5-4-10(17(21)22)8-12(11)16/h4-5,8H,6-7H2,1-3H3. The Morgan fingerprint density at radius 2 is 1.75 bits per heavy atom. The SMILES string of the molecule is COC(=O)C(CCC(C)=O)(C(=O)OC)c1ccc([N+](=O)[O-])cc1Cl. The zero-order valence-electron chi connectivity index (χ0n) is 13.3. The molecule has 0 atom stereocenters. The van der Waals surface area contributed by atoms with E-state index in [9.17, 15) is 24.5 Å². The average molecular weight is 358 g/mol. The Balaban J connectivity index is 3.61. The van der Waals surface area contributed by atoms with Crippen molar-refractivity contribution in [3.05, 3.63) is 38.9 Å². The molecule has 0 fully saturated rings. The van der Waals surface area contributed by atoms with Gasteiger partial charge in [-0.2, -0.15) is 0 Å². The van der Waals surface area contributed by atoms with Crippen molar-refractivity contribution in [2.24, 2.45) is 0 Å². The van der Waals surface area contributed by atoms with Crippen LogP contribution in [0.2, 0.25) is 5.02 Å². The lowest BCUT2D eigenvalue weighted by molar-refractivity contribution is -0.384. The number of hydrogen-bond donors (Lipinski definition) is 0. The number of nitro benzene ring substituents is 1. The first-order valence-corrected chi connectivity index (χ1v) is 7.19. The van der Waals surface area contributed by atoms with Gasteiger partial charge in [0.1, 0.15) is 5.78 Å². The second-order valence-electron chi connectivity index (χ2n) is 5.01. The van der Waals surface area contributed by atoms with E-state index in [0.717, 1.165) is 26.4 Å². The number of non-ortho nitro benzene ring substituents is 1. The quantitative estimate of drug-likeness (QED) is 0.318. The lowest BCUT2D eigenvalue weighted by Gasteiger charge is -2.29. The lowest BCUT2D eigenvalue weighted by atomic mass is 9.76. The van der Waals surface area contributed by atoms with Crippen molar-refractivity contribution in [1.82, 2.24) is 0 Å². The van der Waals surface area contributed by atoms with Crippen molar-refractivity contribution in [3.63, 3.8) is 0 Å². The third-order valence-corrected chi connectivity index (χ3v) is 3.86. The minimum Gasteiger partial charge on any atom is -0.468 e. The maximum atomic E-state index is 12.4. The molecule has 0 heterocycles. The molecule has 0 spiro atoms. The fourth-order valence-corrected chi connectivity index (χ4v) is 2.65. The molecule has 0 aliphatic carbocycles. The fourth-order valence-electron chi connectivity index (χ4n) is 2.32. The van der Waals surface area contributed by atoms with Gasteiger partial charge >= 0.3 is 11.9 Å². The van der Waals surface area contributed by atoms with Crippen molar-refractivity contribution in [2.45, 2.75) is 25.2 Å². The summed E-state index contributed by atoms with van der Waals surface area (Å²) in [4.78, 5) is 46.3. The molecule has 0 amide bonds. The number of nitro groups is 1. The molecular formula is C15H16ClNO7. The van der Waals surface area contributed by atoms with Crippen LogP contribution in [0.15, 0.2) is 18.2 Å². The Morgan fingerprint density at radius 1 is 1.21 bits per heavy atom. The number of Topliss-reactive ketones (excluding diaryl/α,β-unsaturated/α-hetero) is 1. The smallest absolute Gasteiger partial charge is 0.327 e. The summed E-state index contributed by atoms with van der Waals surface area (Å²) in [5.41, 5.74) is -2.31. The van der Waals surface area contributed by atoms with E-state index in [1.807, 2.05) is 0 Å². The highest BCUT2D eigenvalue weighted by atomic mass is 35.5. The molecule has 0 radical (unpaired) electrons. The van der Waals surface area contributed by atoms with Crippen LogP contribution < -0.4 is 0 Å². The van der Waals surface area contributed by atoms with Crippen LogP contribution in [0.4, 0.5) is 5.69 Å². The minimum absolute atomic E-state index is 0.0188. The van der Waals surface area contributed by atoms with E-state index in [0.29, 0.717) is 0 Å². The molecule has 24 heavy (non-hydrogen) atoms. The van der Waals surface area contributed by atoms with E-state index in [1.54, 1.807) is 0 Å². The van der Waals surface area contributed by atoms with E-state index < -0.39 is 22.3 Å². The molecule has 1 rings (SSSR count). The molecule has 0 aromatic heterocycles. The lowest BCUT2D eigenvalue weighted by Crippen LogP contribution is -2.46. The van der Waals surface area contributed by atoms with Crippen LogP contribution in [0.1, 0.15) is 25.3 Å². The van der Waals surface area contributed by atoms with Gasteiger partial charge in [0.25, 0.3) is 5.69 Å². The number of ketones is 1. The second kappa shape index (κ2) is 7.87. The summed E-state index contributed by atoms with van der Waals surface area (Å²) < 4.78 is 9.43. The molecule has 9 heteroatoms. The molecule has 1 aromatic carbocycles. The summed E-state index contributed by atoms with van der Waals surface area (Å²) >= 11 is 6.07. The second-order valence-corrected chi connectivity index (χ2v) is 5.42. The molecule has 1 aromatic rings. The summed E-state index contributed by atoms with van der Waals surface area (Å²) in [6, 6.07) is 3.31. The zero-order chi connectivity index (χ0) is 18.5. The van der Waals surface area contributed by atoms with Crippen molar-refractivity contribution in [3.8, 4) is 0 Å². The minimum atomic E-state index is -1.98. The van der Waals surface area contributed by atoms with Gasteiger partial charge in [0.05, 0.1) is 24.2 Å². The van der Waals surface area contributed by atoms with Crippen LogP contribution in [0, 0.1) is 10.1 Å². The summed E-state index contributed by atoms with van der Waals surface area (Å²) in [5.74, 6) is -2.19. The maximum absolute atomic E-state index is 12.4. The van der Waals surface area contributed by atoms with Crippen LogP contribution in [0.5, 0.6) is 0 Å². The van der Waals surface area contributed by atoms with Crippen LogP contribution in [0.3, 0.4) is 0 Å². The van der Waals surface area contributed by atoms with Crippen LogP contribution in [-0.4, -0.2) is 36.9 Å². The number of hydrogen-bond acceptors (Lipinski definition) is 7. The van der Waals surface area contributed by atoms with Gasteiger partial charge in [0, 0.05) is 18.6 Å². The first kappa shape index (κ1) is 19.6. The molecule has 8 nitrogen and oxygen atoms in total. The van der Waals surface area contributed by atoms with Gasteiger partial charge in [-0.05, 0) is 25.0 Å². The number of carbonyl (C=O) groups excluding carboxylic acids is 3. The molecule has 0 aliphatic heterocycles. The first-order chi connectivity index (χ1) is 11.2. The number of esters is 2. The van der Waals surface area contributed by atoms with Crippen LogP contribution in [-0.2, 0) is 29.3 Å². The Kier molecular flexibility index (Phi) is 6.42. The van der Waals surface area contributed by atoms with E-state index >= 15 is 0 Å². The van der Waals surface area contributed by atoms with Crippen molar-refractivity contribution < 1.29 is 28.8 Å². The number of benzene rings is 1. The van der Waals surface area contributed by atoms with Gasteiger partial charge in [-0.15, -0.1) is 0 Å². The number of rotatable bonds is 7. The first-order valence-electron chi connectivity index (χ1n) is 6.81. The fraction of sp³-hybridized carbons (Fsp3) is 0.400. The van der Waals surface area contributed by atoms with E-state index in [2.05, 4.69) is 0 Å². The highest BCUT2D eigenvalue weighted by Crippen LogP contribution is 2.38. The number of carbonyl (C=O) groups is 3. The highest BCUT2D eigenvalue weighted by molar-refractivity contribution is 6.32. The molecule has 0 saturated carbocycles. The summed E-state index contributed by atoms with van der Waals surface area (Å²) in [6.45, 7) is 1.30. The van der Waals surface area contributed by atoms with Gasteiger partial charge in [-0.3, -0.25) is 19.7 Å². The topological polar surface area (TPSA) is 113 Å². The normalized spacial score (nSPS) is 10.8. The Hall–Kier alpha value is -2.48. The van der Waals surface area contributed by atoms with E-state index in [-0.39, 0.29) is 34.9 Å². The molecule has 0 saturated heterocycles. The van der Waals surface area contributed by atoms with Crippen molar-refractivity contribution in [2.75, 3.05) is 14.2 Å². The van der Waals surface area contributed by atoms with Gasteiger partial charge in [-0.25, -0.2) is 0 Å². The largest absolute Gasteiger partial charge is 0.468 e. The predicted octanol–water partition coefficient (Wildman–Crippen LogP) is 2.20. The Labute approximate surface area is 142 Å². The summed E-state index contributed by atoms with van der Waals surface area (Å²) in [5, 5.41) is 10.7. The molecule has 0 bridgehead atoms. The number of ether oxygens (including phenoxy) is 2. The number of halogens is 1.